The van der Waals surface area contributed by atoms with Crippen molar-refractivity contribution < 1.29 is 9.90 Å². The van der Waals surface area contributed by atoms with Gasteiger partial charge in [0.15, 0.2) is 0 Å². The van der Waals surface area contributed by atoms with Crippen LogP contribution in [0, 0.1) is 6.92 Å². The number of carbonyl (C=O) groups excluding carboxylic acids is 1. The summed E-state index contributed by atoms with van der Waals surface area (Å²) in [7, 11) is 2.16. The Bertz CT molecular complexity index is 575. The molecule has 0 bridgehead atoms. The molecule has 2 aliphatic heterocycles. The van der Waals surface area contributed by atoms with Crippen LogP contribution in [-0.4, -0.2) is 61.8 Å². The number of piperidine rings is 1. The summed E-state index contributed by atoms with van der Waals surface area (Å²) in [5.41, 5.74) is 3.67. The highest BCUT2D eigenvalue weighted by atomic mass is 16.3. The normalized spacial score (nSPS) is 23.7. The molecule has 1 aromatic carbocycles. The molecule has 1 fully saturated rings. The van der Waals surface area contributed by atoms with Crippen molar-refractivity contribution in [2.24, 2.45) is 0 Å². The predicted octanol–water partition coefficient (Wildman–Crippen LogP) is 1.10. The zero-order valence-electron chi connectivity index (χ0n) is 14.1. The lowest BCUT2D eigenvalue weighted by Crippen LogP contribution is -2.49. The maximum atomic E-state index is 12.8. The van der Waals surface area contributed by atoms with Gasteiger partial charge in [-0.1, -0.05) is 17.7 Å². The van der Waals surface area contributed by atoms with Crippen LogP contribution in [0.4, 0.5) is 5.69 Å². The van der Waals surface area contributed by atoms with Gasteiger partial charge in [0.05, 0.1) is 6.54 Å². The fourth-order valence-corrected chi connectivity index (χ4v) is 3.89. The number of nitrogens with zero attached hydrogens (tertiary/aromatic N) is 2. The molecule has 3 rings (SSSR count). The molecule has 23 heavy (non-hydrogen) atoms. The second kappa shape index (κ2) is 6.99. The van der Waals surface area contributed by atoms with Crippen LogP contribution in [0.15, 0.2) is 18.2 Å². The van der Waals surface area contributed by atoms with Gasteiger partial charge in [-0.15, -0.1) is 0 Å². The van der Waals surface area contributed by atoms with Gasteiger partial charge in [0.25, 0.3) is 0 Å². The van der Waals surface area contributed by atoms with Gasteiger partial charge < -0.3 is 20.2 Å². The van der Waals surface area contributed by atoms with Crippen molar-refractivity contribution in [2.75, 3.05) is 44.7 Å². The number of aliphatic hydroxyl groups is 1. The molecule has 0 radical (unpaired) electrons. The van der Waals surface area contributed by atoms with E-state index in [1.807, 2.05) is 4.90 Å². The maximum Gasteiger partial charge on any atom is 0.241 e. The van der Waals surface area contributed by atoms with Crippen LogP contribution in [0.2, 0.25) is 0 Å². The van der Waals surface area contributed by atoms with Crippen molar-refractivity contribution >= 4 is 11.6 Å². The third-order valence-corrected chi connectivity index (χ3v) is 5.01. The molecule has 1 aromatic rings. The Morgan fingerprint density at radius 2 is 2.26 bits per heavy atom. The summed E-state index contributed by atoms with van der Waals surface area (Å²) in [4.78, 5) is 17.2. The molecule has 0 aromatic heterocycles. The lowest BCUT2D eigenvalue weighted by Gasteiger charge is -2.36. The number of anilines is 1. The highest BCUT2D eigenvalue weighted by Crippen LogP contribution is 2.44. The van der Waals surface area contributed by atoms with E-state index in [1.54, 1.807) is 0 Å². The number of amides is 1. The van der Waals surface area contributed by atoms with E-state index < -0.39 is 0 Å². The van der Waals surface area contributed by atoms with Crippen molar-refractivity contribution in [3.63, 3.8) is 0 Å². The summed E-state index contributed by atoms with van der Waals surface area (Å²) in [6, 6.07) is 6.74. The van der Waals surface area contributed by atoms with Crippen LogP contribution in [-0.2, 0) is 4.79 Å². The summed E-state index contributed by atoms with van der Waals surface area (Å²) in [6.07, 6.45) is 1.71. The molecule has 0 aliphatic carbocycles. The molecule has 2 heterocycles. The fraction of sp³-hybridized carbons (Fsp3) is 0.611. The first-order valence-electron chi connectivity index (χ1n) is 8.54. The number of likely N-dealkylation sites (N-methyl/N-ethyl adjacent to an activating group) is 1. The van der Waals surface area contributed by atoms with Crippen molar-refractivity contribution in [2.45, 2.75) is 31.7 Å². The number of rotatable bonds is 5. The summed E-state index contributed by atoms with van der Waals surface area (Å²) in [6.45, 7) is 5.34. The van der Waals surface area contributed by atoms with Gasteiger partial charge in [0.1, 0.15) is 0 Å². The molecule has 2 atom stereocenters. The van der Waals surface area contributed by atoms with Crippen molar-refractivity contribution in [1.82, 2.24) is 10.2 Å². The molecule has 126 valence electrons. The highest BCUT2D eigenvalue weighted by molar-refractivity contribution is 5.98. The predicted molar refractivity (Wildman–Crippen MR) is 91.9 cm³/mol. The number of carbonyl (C=O) groups is 1. The Morgan fingerprint density at radius 1 is 1.43 bits per heavy atom. The van der Waals surface area contributed by atoms with Gasteiger partial charge in [0.2, 0.25) is 5.91 Å². The molecule has 0 spiro atoms. The van der Waals surface area contributed by atoms with Crippen molar-refractivity contribution in [3.05, 3.63) is 29.3 Å². The summed E-state index contributed by atoms with van der Waals surface area (Å²) in [5, 5.41) is 12.0. The van der Waals surface area contributed by atoms with E-state index >= 15 is 0 Å². The van der Waals surface area contributed by atoms with Crippen molar-refractivity contribution in [1.29, 1.82) is 0 Å². The average molecular weight is 317 g/mol. The summed E-state index contributed by atoms with van der Waals surface area (Å²) in [5.74, 6) is 0.565. The maximum absolute atomic E-state index is 12.8. The van der Waals surface area contributed by atoms with Gasteiger partial charge >= 0.3 is 0 Å². The Labute approximate surface area is 138 Å². The zero-order valence-corrected chi connectivity index (χ0v) is 14.1. The fourth-order valence-electron chi connectivity index (χ4n) is 3.89. The molecule has 0 unspecified atom stereocenters. The number of nitrogens with one attached hydrogen (secondary N) is 1. The Morgan fingerprint density at radius 3 is 3.04 bits per heavy atom. The van der Waals surface area contributed by atoms with Gasteiger partial charge in [-0.2, -0.15) is 0 Å². The molecule has 2 N–H and O–H groups in total. The topological polar surface area (TPSA) is 55.8 Å². The quantitative estimate of drug-likeness (QED) is 0.799. The van der Waals surface area contributed by atoms with E-state index in [1.165, 1.54) is 11.1 Å². The Hall–Kier alpha value is -1.43. The number of aryl methyl sites for hydroxylation is 1. The average Bonchev–Trinajstić information content (AvgIpc) is 2.84. The third-order valence-electron chi connectivity index (χ3n) is 5.01. The minimum absolute atomic E-state index is 0.144. The Kier molecular flexibility index (Phi) is 4.99. The first kappa shape index (κ1) is 16.4. The largest absolute Gasteiger partial charge is 0.396 e. The van der Waals surface area contributed by atoms with Crippen LogP contribution in [0.5, 0.6) is 0 Å². The monoisotopic (exact) mass is 317 g/mol. The van der Waals surface area contributed by atoms with Crippen LogP contribution in [0.25, 0.3) is 0 Å². The van der Waals surface area contributed by atoms with E-state index in [0.29, 0.717) is 25.4 Å². The number of hydrogen-bond acceptors (Lipinski definition) is 4. The van der Waals surface area contributed by atoms with E-state index in [4.69, 9.17) is 5.11 Å². The Balaban J connectivity index is 1.81. The molecule has 1 saturated heterocycles. The van der Waals surface area contributed by atoms with E-state index in [9.17, 15) is 4.79 Å². The van der Waals surface area contributed by atoms with E-state index in [-0.39, 0.29) is 18.6 Å². The van der Waals surface area contributed by atoms with Crippen LogP contribution < -0.4 is 10.2 Å². The first-order chi connectivity index (χ1) is 11.1. The van der Waals surface area contributed by atoms with Crippen molar-refractivity contribution in [3.8, 4) is 0 Å². The lowest BCUT2D eigenvalue weighted by molar-refractivity contribution is -0.118. The minimum Gasteiger partial charge on any atom is -0.396 e. The SMILES string of the molecule is Cc1ccc2c(c1)[C@H]1CN(C)CC[C@@H]1N2C(=O)CNCCCO. The van der Waals surface area contributed by atoms with Gasteiger partial charge in [-0.25, -0.2) is 0 Å². The standard InChI is InChI=1S/C18H27N3O2/c1-13-4-5-16-14(10-13)15-12-20(2)8-6-17(15)21(16)18(23)11-19-7-3-9-22/h4-5,10,15,17,19,22H,3,6-9,11-12H2,1-2H3/t15-,17+/m1/s1. The summed E-state index contributed by atoms with van der Waals surface area (Å²) >= 11 is 0. The molecular formula is C18H27N3O2. The number of benzene rings is 1. The molecule has 0 saturated carbocycles. The highest BCUT2D eigenvalue weighted by Gasteiger charge is 2.43. The summed E-state index contributed by atoms with van der Waals surface area (Å²) < 4.78 is 0. The molecule has 5 heteroatoms. The lowest BCUT2D eigenvalue weighted by atomic mass is 9.89. The van der Waals surface area contributed by atoms with Gasteiger partial charge in [0, 0.05) is 30.8 Å². The van der Waals surface area contributed by atoms with Gasteiger partial charge in [-0.3, -0.25) is 4.79 Å². The molecular weight excluding hydrogens is 290 g/mol. The van der Waals surface area contributed by atoms with E-state index in [0.717, 1.165) is 25.2 Å². The third kappa shape index (κ3) is 3.27. The first-order valence-corrected chi connectivity index (χ1v) is 8.54. The molecule has 1 amide bonds. The second-order valence-corrected chi connectivity index (χ2v) is 6.80. The van der Waals surface area contributed by atoms with E-state index in [2.05, 4.69) is 42.4 Å². The van der Waals surface area contributed by atoms with Crippen LogP contribution in [0.1, 0.15) is 29.9 Å². The molecule has 2 aliphatic rings. The number of aliphatic hydroxyl groups excluding tert-OH is 1. The van der Waals surface area contributed by atoms with Crippen LogP contribution >= 0.6 is 0 Å². The number of likely N-dealkylation sites (tertiary alicyclic amines) is 1. The zero-order chi connectivity index (χ0) is 16.4. The van der Waals surface area contributed by atoms with Crippen LogP contribution in [0.3, 0.4) is 0 Å². The second-order valence-electron chi connectivity index (χ2n) is 6.80. The number of fused-ring (bicyclic) bond motifs is 3. The smallest absolute Gasteiger partial charge is 0.241 e. The van der Waals surface area contributed by atoms with Gasteiger partial charge in [-0.05, 0) is 51.5 Å². The number of hydrogen-bond donors (Lipinski definition) is 2. The minimum atomic E-state index is 0.144. The molecule has 5 nitrogen and oxygen atoms in total.